The number of piperidine rings is 1. The highest BCUT2D eigenvalue weighted by Gasteiger charge is 2.29. The second-order valence-corrected chi connectivity index (χ2v) is 7.02. The summed E-state index contributed by atoms with van der Waals surface area (Å²) in [6.07, 6.45) is 2.97. The van der Waals surface area contributed by atoms with E-state index in [1.54, 1.807) is 4.90 Å². The predicted molar refractivity (Wildman–Crippen MR) is 104 cm³/mol. The van der Waals surface area contributed by atoms with Crippen LogP contribution in [0, 0.1) is 16.0 Å². The van der Waals surface area contributed by atoms with Crippen molar-refractivity contribution in [3.05, 3.63) is 10.1 Å². The van der Waals surface area contributed by atoms with Crippen LogP contribution in [0.15, 0.2) is 0 Å². The monoisotopic (exact) mass is 366 g/mol. The summed E-state index contributed by atoms with van der Waals surface area (Å²) in [5.74, 6) is 1.27. The smallest absolute Gasteiger partial charge is 0.353 e. The van der Waals surface area contributed by atoms with Gasteiger partial charge < -0.3 is 20.9 Å². The summed E-state index contributed by atoms with van der Waals surface area (Å²) in [6, 6.07) is 0. The highest BCUT2D eigenvalue weighted by atomic mass is 16.6. The Labute approximate surface area is 155 Å². The van der Waals surface area contributed by atoms with Crippen LogP contribution in [0.25, 0.3) is 0 Å². The number of nitro groups is 1. The maximum atomic E-state index is 11.5. The molecule has 1 aliphatic heterocycles. The summed E-state index contributed by atoms with van der Waals surface area (Å²) >= 11 is 0. The first-order chi connectivity index (χ1) is 12.5. The number of aromatic nitrogens is 2. The maximum Gasteiger partial charge on any atom is 0.353 e. The molecule has 1 saturated heterocycles. The van der Waals surface area contributed by atoms with Crippen LogP contribution in [0.5, 0.6) is 0 Å². The average molecular weight is 366 g/mol. The molecule has 0 radical (unpaired) electrons. The number of anilines is 3. The Bertz CT molecular complexity index is 599. The van der Waals surface area contributed by atoms with Gasteiger partial charge in [-0.25, -0.2) is 0 Å². The molecular weight excluding hydrogens is 334 g/mol. The van der Waals surface area contributed by atoms with Gasteiger partial charge in [-0.3, -0.25) is 10.1 Å². The van der Waals surface area contributed by atoms with Gasteiger partial charge in [-0.1, -0.05) is 6.92 Å². The zero-order valence-electron chi connectivity index (χ0n) is 16.1. The fraction of sp³-hybridized carbons (Fsp3) is 0.765. The molecule has 9 nitrogen and oxygen atoms in total. The van der Waals surface area contributed by atoms with Crippen molar-refractivity contribution in [2.45, 2.75) is 40.0 Å². The van der Waals surface area contributed by atoms with Gasteiger partial charge in [0.25, 0.3) is 0 Å². The molecule has 2 heterocycles. The molecule has 26 heavy (non-hydrogen) atoms. The molecule has 0 amide bonds. The Morgan fingerprint density at radius 3 is 2.54 bits per heavy atom. The Kier molecular flexibility index (Phi) is 7.38. The topological polar surface area (TPSA) is 115 Å². The first-order valence-electron chi connectivity index (χ1n) is 9.60. The first-order valence-corrected chi connectivity index (χ1v) is 9.60. The number of rotatable bonds is 9. The maximum absolute atomic E-state index is 11.5. The van der Waals surface area contributed by atoms with Crippen LogP contribution in [0.4, 0.5) is 23.3 Å². The van der Waals surface area contributed by atoms with Crippen molar-refractivity contribution in [3.8, 4) is 0 Å². The molecule has 0 aliphatic carbocycles. The molecule has 1 aliphatic rings. The van der Waals surface area contributed by atoms with Crippen molar-refractivity contribution in [3.63, 3.8) is 0 Å². The van der Waals surface area contributed by atoms with E-state index in [4.69, 9.17) is 5.73 Å². The fourth-order valence-corrected chi connectivity index (χ4v) is 3.30. The number of nitrogen functional groups attached to an aromatic ring is 1. The highest BCUT2D eigenvalue weighted by molar-refractivity contribution is 5.71. The minimum atomic E-state index is -0.476. The Morgan fingerprint density at radius 2 is 1.96 bits per heavy atom. The number of nitrogens with zero attached hydrogens (tertiary/aromatic N) is 4. The zero-order chi connectivity index (χ0) is 19.1. The van der Waals surface area contributed by atoms with E-state index in [2.05, 4.69) is 36.1 Å². The molecule has 9 heteroatoms. The van der Waals surface area contributed by atoms with E-state index >= 15 is 0 Å². The van der Waals surface area contributed by atoms with Crippen LogP contribution in [0.1, 0.15) is 40.0 Å². The third-order valence-electron chi connectivity index (χ3n) is 5.15. The molecule has 0 aromatic carbocycles. The average Bonchev–Trinajstić information content (AvgIpc) is 2.61. The summed E-state index contributed by atoms with van der Waals surface area (Å²) in [6.45, 7) is 12.1. The second-order valence-electron chi connectivity index (χ2n) is 7.02. The molecule has 0 saturated carbocycles. The zero-order valence-corrected chi connectivity index (χ0v) is 16.1. The van der Waals surface area contributed by atoms with Gasteiger partial charge in [-0.05, 0) is 32.6 Å². The van der Waals surface area contributed by atoms with Gasteiger partial charge >= 0.3 is 5.69 Å². The molecular formula is C17H32N7O2+. The number of quaternary nitrogens is 1. The number of nitrogens with one attached hydrogen (secondary N) is 2. The molecule has 1 fully saturated rings. The minimum Gasteiger partial charge on any atom is -0.378 e. The summed E-state index contributed by atoms with van der Waals surface area (Å²) in [4.78, 5) is 23.0. The summed E-state index contributed by atoms with van der Waals surface area (Å²) in [5, 5.41) is 14.6. The number of nitrogens with two attached hydrogens (primary N) is 1. The Hall–Kier alpha value is -2.16. The lowest BCUT2D eigenvalue weighted by molar-refractivity contribution is -0.896. The van der Waals surface area contributed by atoms with Crippen molar-refractivity contribution in [1.29, 1.82) is 0 Å². The second kappa shape index (κ2) is 9.51. The molecule has 0 spiro atoms. The number of hydrogen-bond donors (Lipinski definition) is 3. The van der Waals surface area contributed by atoms with Crippen LogP contribution in [-0.4, -0.2) is 54.2 Å². The van der Waals surface area contributed by atoms with Crippen molar-refractivity contribution in [1.82, 2.24) is 9.97 Å². The largest absolute Gasteiger partial charge is 0.378 e. The summed E-state index contributed by atoms with van der Waals surface area (Å²) in [5.41, 5.74) is 5.71. The van der Waals surface area contributed by atoms with Gasteiger partial charge in [0.05, 0.1) is 24.6 Å². The lowest BCUT2D eigenvalue weighted by atomic mass is 9.99. The van der Waals surface area contributed by atoms with Crippen molar-refractivity contribution >= 4 is 23.3 Å². The Morgan fingerprint density at radius 1 is 1.31 bits per heavy atom. The van der Waals surface area contributed by atoms with Crippen molar-refractivity contribution in [2.75, 3.05) is 55.2 Å². The first kappa shape index (κ1) is 20.2. The highest BCUT2D eigenvalue weighted by Crippen LogP contribution is 2.34. The molecule has 146 valence electrons. The third kappa shape index (κ3) is 5.17. The molecule has 1 aromatic heterocycles. The van der Waals surface area contributed by atoms with Crippen molar-refractivity contribution in [2.24, 2.45) is 5.92 Å². The molecule has 0 bridgehead atoms. The normalized spacial score (nSPS) is 15.5. The van der Waals surface area contributed by atoms with Crippen LogP contribution < -0.4 is 20.9 Å². The van der Waals surface area contributed by atoms with Gasteiger partial charge in [0, 0.05) is 26.1 Å². The third-order valence-corrected chi connectivity index (χ3v) is 5.15. The van der Waals surface area contributed by atoms with Gasteiger partial charge in [0.2, 0.25) is 17.6 Å². The van der Waals surface area contributed by atoms with E-state index in [9.17, 15) is 10.1 Å². The minimum absolute atomic E-state index is 0.0736. The van der Waals surface area contributed by atoms with Crippen LogP contribution >= 0.6 is 0 Å². The summed E-state index contributed by atoms with van der Waals surface area (Å²) < 4.78 is 0. The van der Waals surface area contributed by atoms with Crippen LogP contribution in [-0.2, 0) is 0 Å². The van der Waals surface area contributed by atoms with Gasteiger partial charge in [-0.15, -0.1) is 0 Å². The van der Waals surface area contributed by atoms with Crippen LogP contribution in [0.2, 0.25) is 0 Å². The van der Waals surface area contributed by atoms with E-state index in [0.717, 1.165) is 58.5 Å². The molecule has 0 atom stereocenters. The van der Waals surface area contributed by atoms with Crippen molar-refractivity contribution < 1.29 is 9.82 Å². The van der Waals surface area contributed by atoms with Gasteiger partial charge in [0.1, 0.15) is 0 Å². The quantitative estimate of drug-likeness (QED) is 0.338. The fourth-order valence-electron chi connectivity index (χ4n) is 3.30. The van der Waals surface area contributed by atoms with E-state index in [0.29, 0.717) is 17.7 Å². The molecule has 1 aromatic rings. The molecule has 0 unspecified atom stereocenters. The van der Waals surface area contributed by atoms with Gasteiger partial charge in [0.15, 0.2) is 0 Å². The van der Waals surface area contributed by atoms with E-state index < -0.39 is 4.92 Å². The predicted octanol–water partition coefficient (Wildman–Crippen LogP) is 0.930. The Balaban J connectivity index is 2.09. The van der Waals surface area contributed by atoms with E-state index in [1.807, 2.05) is 4.90 Å². The van der Waals surface area contributed by atoms with E-state index in [1.165, 1.54) is 0 Å². The number of hydrogen-bond acceptors (Lipinski definition) is 7. The lowest BCUT2D eigenvalue weighted by Crippen LogP contribution is -3.11. The SMILES string of the molecule is CC[NH+](CC)CCCNc1nc(N)c([N+](=O)[O-])c(N2CCC(C)CC2)n1. The standard InChI is InChI=1S/C17H31N7O2/c1-4-22(5-2)10-6-9-19-17-20-15(18)14(24(25)26)16(21-17)23-11-7-13(3)8-12-23/h13H,4-12H2,1-3H3,(H3,18,19,20,21)/p+1. The molecule has 2 rings (SSSR count). The van der Waals surface area contributed by atoms with Crippen LogP contribution in [0.3, 0.4) is 0 Å². The van der Waals surface area contributed by atoms with E-state index in [-0.39, 0.29) is 11.5 Å². The summed E-state index contributed by atoms with van der Waals surface area (Å²) in [7, 11) is 0. The molecule has 4 N–H and O–H groups in total. The van der Waals surface area contributed by atoms with Gasteiger partial charge in [-0.2, -0.15) is 9.97 Å². The lowest BCUT2D eigenvalue weighted by Gasteiger charge is -2.31.